The molecule has 0 fully saturated rings. The first-order valence-corrected chi connectivity index (χ1v) is 7.49. The lowest BCUT2D eigenvalue weighted by molar-refractivity contribution is 0.637. The summed E-state index contributed by atoms with van der Waals surface area (Å²) >= 11 is 9.84. The standard InChI is InChI=1S/C14H16BrClN2/c1-18-12(8-9-17-18)7-6-11(10-15)13-4-2-3-5-14(13)16/h2-5,8-9,11H,6-7,10H2,1H3. The highest BCUT2D eigenvalue weighted by Crippen LogP contribution is 2.29. The number of nitrogens with zero attached hydrogens (tertiary/aromatic N) is 2. The molecule has 0 aliphatic heterocycles. The molecule has 0 bridgehead atoms. The first kappa shape index (κ1) is 13.6. The minimum absolute atomic E-state index is 0.439. The largest absolute Gasteiger partial charge is 0.273 e. The minimum atomic E-state index is 0.439. The molecule has 0 aliphatic rings. The Morgan fingerprint density at radius 1 is 1.33 bits per heavy atom. The zero-order chi connectivity index (χ0) is 13.0. The molecule has 0 amide bonds. The van der Waals surface area contributed by atoms with Gasteiger partial charge in [0.2, 0.25) is 0 Å². The predicted molar refractivity (Wildman–Crippen MR) is 79.5 cm³/mol. The molecule has 0 spiro atoms. The number of aryl methyl sites for hydroxylation is 2. The highest BCUT2D eigenvalue weighted by molar-refractivity contribution is 9.09. The number of hydrogen-bond acceptors (Lipinski definition) is 1. The fourth-order valence-corrected chi connectivity index (χ4v) is 3.05. The van der Waals surface area contributed by atoms with Gasteiger partial charge in [-0.2, -0.15) is 5.10 Å². The molecule has 0 N–H and O–H groups in total. The Morgan fingerprint density at radius 3 is 2.72 bits per heavy atom. The van der Waals surface area contributed by atoms with Crippen LogP contribution in [0.15, 0.2) is 36.5 Å². The molecule has 1 atom stereocenters. The molecule has 2 nitrogen and oxygen atoms in total. The molecular formula is C14H16BrClN2. The molecule has 0 aliphatic carbocycles. The average Bonchev–Trinajstić information content (AvgIpc) is 2.78. The van der Waals surface area contributed by atoms with E-state index in [2.05, 4.69) is 33.2 Å². The van der Waals surface area contributed by atoms with Crippen molar-refractivity contribution < 1.29 is 0 Å². The number of aromatic nitrogens is 2. The van der Waals surface area contributed by atoms with Gasteiger partial charge in [0.05, 0.1) is 0 Å². The van der Waals surface area contributed by atoms with Gasteiger partial charge in [-0.05, 0) is 36.5 Å². The van der Waals surface area contributed by atoms with Gasteiger partial charge in [0.25, 0.3) is 0 Å². The molecule has 1 heterocycles. The second-order valence-corrected chi connectivity index (χ2v) is 5.41. The van der Waals surface area contributed by atoms with E-state index in [4.69, 9.17) is 11.6 Å². The van der Waals surface area contributed by atoms with Gasteiger partial charge in [0.15, 0.2) is 0 Å². The highest BCUT2D eigenvalue weighted by Gasteiger charge is 2.14. The lowest BCUT2D eigenvalue weighted by Crippen LogP contribution is -2.05. The Morgan fingerprint density at radius 2 is 2.11 bits per heavy atom. The summed E-state index contributed by atoms with van der Waals surface area (Å²) in [5.74, 6) is 0.439. The monoisotopic (exact) mass is 326 g/mol. The van der Waals surface area contributed by atoms with Crippen LogP contribution < -0.4 is 0 Å². The van der Waals surface area contributed by atoms with E-state index in [0.29, 0.717) is 5.92 Å². The van der Waals surface area contributed by atoms with Gasteiger partial charge in [-0.1, -0.05) is 45.7 Å². The summed E-state index contributed by atoms with van der Waals surface area (Å²) in [6.07, 6.45) is 3.92. The first-order valence-electron chi connectivity index (χ1n) is 5.99. The van der Waals surface area contributed by atoms with Crippen molar-refractivity contribution in [2.24, 2.45) is 7.05 Å². The Kier molecular flexibility index (Phi) is 4.84. The zero-order valence-electron chi connectivity index (χ0n) is 10.3. The second-order valence-electron chi connectivity index (χ2n) is 4.36. The molecule has 2 rings (SSSR count). The van der Waals surface area contributed by atoms with Gasteiger partial charge in [0.1, 0.15) is 0 Å². The number of halogens is 2. The van der Waals surface area contributed by atoms with Crippen molar-refractivity contribution in [3.05, 3.63) is 52.8 Å². The maximum Gasteiger partial charge on any atom is 0.0492 e. The average molecular weight is 328 g/mol. The zero-order valence-corrected chi connectivity index (χ0v) is 12.7. The third-order valence-corrected chi connectivity index (χ3v) is 4.33. The summed E-state index contributed by atoms with van der Waals surface area (Å²) in [6, 6.07) is 10.1. The third-order valence-electron chi connectivity index (χ3n) is 3.20. The van der Waals surface area contributed by atoms with Crippen molar-refractivity contribution >= 4 is 27.5 Å². The van der Waals surface area contributed by atoms with Crippen molar-refractivity contribution in [2.45, 2.75) is 18.8 Å². The van der Waals surface area contributed by atoms with Crippen molar-refractivity contribution in [1.82, 2.24) is 9.78 Å². The lowest BCUT2D eigenvalue weighted by atomic mass is 9.95. The summed E-state index contributed by atoms with van der Waals surface area (Å²) in [4.78, 5) is 0. The Labute approximate surface area is 121 Å². The maximum atomic E-state index is 6.25. The van der Waals surface area contributed by atoms with Gasteiger partial charge >= 0.3 is 0 Å². The summed E-state index contributed by atoms with van der Waals surface area (Å²) in [5, 5.41) is 5.97. The first-order chi connectivity index (χ1) is 8.72. The van der Waals surface area contributed by atoms with E-state index >= 15 is 0 Å². The number of benzene rings is 1. The Hall–Kier alpha value is -0.800. The Balaban J connectivity index is 2.07. The van der Waals surface area contributed by atoms with E-state index in [1.807, 2.05) is 36.1 Å². The Bertz CT molecular complexity index is 510. The summed E-state index contributed by atoms with van der Waals surface area (Å²) in [6.45, 7) is 0. The third kappa shape index (κ3) is 3.15. The van der Waals surface area contributed by atoms with Crippen LogP contribution in [-0.4, -0.2) is 15.1 Å². The molecule has 0 saturated carbocycles. The molecule has 2 aromatic rings. The van der Waals surface area contributed by atoms with Gasteiger partial charge in [-0.15, -0.1) is 0 Å². The predicted octanol–water partition coefficient (Wildman–Crippen LogP) is 4.18. The molecule has 0 radical (unpaired) electrons. The molecule has 4 heteroatoms. The maximum absolute atomic E-state index is 6.25. The molecule has 18 heavy (non-hydrogen) atoms. The minimum Gasteiger partial charge on any atom is -0.273 e. The molecule has 1 aromatic carbocycles. The van der Waals surface area contributed by atoms with Crippen LogP contribution in [0.2, 0.25) is 5.02 Å². The number of rotatable bonds is 5. The normalized spacial score (nSPS) is 12.6. The van der Waals surface area contributed by atoms with Gasteiger partial charge in [0, 0.05) is 29.3 Å². The van der Waals surface area contributed by atoms with Crippen LogP contribution in [0.25, 0.3) is 0 Å². The van der Waals surface area contributed by atoms with Crippen LogP contribution in [0.4, 0.5) is 0 Å². The van der Waals surface area contributed by atoms with Crippen molar-refractivity contribution in [2.75, 3.05) is 5.33 Å². The molecule has 1 unspecified atom stereocenters. The quantitative estimate of drug-likeness (QED) is 0.753. The second kappa shape index (κ2) is 6.39. The van der Waals surface area contributed by atoms with E-state index < -0.39 is 0 Å². The summed E-state index contributed by atoms with van der Waals surface area (Å²) < 4.78 is 1.93. The van der Waals surface area contributed by atoms with Crippen LogP contribution >= 0.6 is 27.5 Å². The molecule has 1 aromatic heterocycles. The van der Waals surface area contributed by atoms with E-state index in [9.17, 15) is 0 Å². The smallest absolute Gasteiger partial charge is 0.0492 e. The van der Waals surface area contributed by atoms with E-state index in [1.165, 1.54) is 11.3 Å². The van der Waals surface area contributed by atoms with Crippen LogP contribution in [0.5, 0.6) is 0 Å². The molecular weight excluding hydrogens is 312 g/mol. The van der Waals surface area contributed by atoms with Crippen LogP contribution in [0.1, 0.15) is 23.6 Å². The van der Waals surface area contributed by atoms with Crippen LogP contribution in [0, 0.1) is 0 Å². The molecule has 0 saturated heterocycles. The SMILES string of the molecule is Cn1nccc1CCC(CBr)c1ccccc1Cl. The van der Waals surface area contributed by atoms with Gasteiger partial charge < -0.3 is 0 Å². The van der Waals surface area contributed by atoms with E-state index in [0.717, 1.165) is 23.2 Å². The summed E-state index contributed by atoms with van der Waals surface area (Å²) in [5.41, 5.74) is 2.48. The van der Waals surface area contributed by atoms with Crippen molar-refractivity contribution in [1.29, 1.82) is 0 Å². The van der Waals surface area contributed by atoms with E-state index in [-0.39, 0.29) is 0 Å². The van der Waals surface area contributed by atoms with Crippen LogP contribution in [0.3, 0.4) is 0 Å². The fraction of sp³-hybridized carbons (Fsp3) is 0.357. The fourth-order valence-electron chi connectivity index (χ4n) is 2.09. The number of alkyl halides is 1. The van der Waals surface area contributed by atoms with Crippen molar-refractivity contribution in [3.63, 3.8) is 0 Å². The van der Waals surface area contributed by atoms with Gasteiger partial charge in [-0.25, -0.2) is 0 Å². The van der Waals surface area contributed by atoms with Gasteiger partial charge in [-0.3, -0.25) is 4.68 Å². The molecule has 96 valence electrons. The number of hydrogen-bond donors (Lipinski definition) is 0. The topological polar surface area (TPSA) is 17.8 Å². The van der Waals surface area contributed by atoms with E-state index in [1.54, 1.807) is 0 Å². The van der Waals surface area contributed by atoms with Crippen LogP contribution in [-0.2, 0) is 13.5 Å². The van der Waals surface area contributed by atoms with Crippen molar-refractivity contribution in [3.8, 4) is 0 Å². The highest BCUT2D eigenvalue weighted by atomic mass is 79.9. The summed E-state index contributed by atoms with van der Waals surface area (Å²) in [7, 11) is 1.98. The lowest BCUT2D eigenvalue weighted by Gasteiger charge is -2.16.